The van der Waals surface area contributed by atoms with Crippen LogP contribution in [-0.2, 0) is 13.6 Å². The molecule has 0 amide bonds. The quantitative estimate of drug-likeness (QED) is 0.695. The van der Waals surface area contributed by atoms with E-state index in [0.29, 0.717) is 5.92 Å². The number of rotatable bonds is 3. The Bertz CT molecular complexity index is 833. The van der Waals surface area contributed by atoms with Crippen LogP contribution >= 0.6 is 11.6 Å². The lowest BCUT2D eigenvalue weighted by atomic mass is 9.89. The molecule has 4 rings (SSSR count). The van der Waals surface area contributed by atoms with Crippen LogP contribution in [0.5, 0.6) is 0 Å². The summed E-state index contributed by atoms with van der Waals surface area (Å²) in [6, 6.07) is 16.8. The molecule has 0 N–H and O–H groups in total. The first-order valence-corrected chi connectivity index (χ1v) is 8.96. The molecule has 1 aliphatic heterocycles. The minimum absolute atomic E-state index is 0.696. The van der Waals surface area contributed by atoms with Crippen molar-refractivity contribution in [3.05, 3.63) is 64.9 Å². The minimum atomic E-state index is 0.696. The molecule has 1 saturated heterocycles. The molecule has 0 unspecified atom stereocenters. The standard InChI is InChI=1S/C20H22ClN3/c1-23-19-8-7-17(21)13-18(19)22-20(23)14-24-11-9-16(10-12-24)15-5-3-2-4-6-15/h2-8,13,16H,9-12,14H2,1H3. The molecular formula is C20H22ClN3. The number of piperidine rings is 1. The van der Waals surface area contributed by atoms with Gasteiger partial charge in [-0.1, -0.05) is 41.9 Å². The van der Waals surface area contributed by atoms with Gasteiger partial charge in [0.25, 0.3) is 0 Å². The van der Waals surface area contributed by atoms with Crippen molar-refractivity contribution in [1.82, 2.24) is 14.5 Å². The van der Waals surface area contributed by atoms with Crippen LogP contribution in [0.3, 0.4) is 0 Å². The van der Waals surface area contributed by atoms with Crippen molar-refractivity contribution in [2.45, 2.75) is 25.3 Å². The summed E-state index contributed by atoms with van der Waals surface area (Å²) in [5.41, 5.74) is 3.61. The first kappa shape index (κ1) is 15.7. The molecule has 24 heavy (non-hydrogen) atoms. The van der Waals surface area contributed by atoms with Gasteiger partial charge < -0.3 is 4.57 Å². The van der Waals surface area contributed by atoms with Gasteiger partial charge in [-0.2, -0.15) is 0 Å². The van der Waals surface area contributed by atoms with Gasteiger partial charge >= 0.3 is 0 Å². The highest BCUT2D eigenvalue weighted by Gasteiger charge is 2.21. The van der Waals surface area contributed by atoms with E-state index in [1.807, 2.05) is 12.1 Å². The third-order valence-electron chi connectivity index (χ3n) is 5.16. The van der Waals surface area contributed by atoms with Crippen LogP contribution in [0.25, 0.3) is 11.0 Å². The van der Waals surface area contributed by atoms with Crippen LogP contribution in [0.4, 0.5) is 0 Å². The summed E-state index contributed by atoms with van der Waals surface area (Å²) in [7, 11) is 2.09. The molecule has 0 saturated carbocycles. The Hall–Kier alpha value is -1.84. The Balaban J connectivity index is 1.45. The van der Waals surface area contributed by atoms with Crippen molar-refractivity contribution in [2.24, 2.45) is 7.05 Å². The normalized spacial score (nSPS) is 16.8. The van der Waals surface area contributed by atoms with Gasteiger partial charge in [0.05, 0.1) is 17.6 Å². The SMILES string of the molecule is Cn1c(CN2CCC(c3ccccc3)CC2)nc2cc(Cl)ccc21. The lowest BCUT2D eigenvalue weighted by Crippen LogP contribution is -2.33. The summed E-state index contributed by atoms with van der Waals surface area (Å²) in [6.45, 7) is 3.16. The van der Waals surface area contributed by atoms with Crippen LogP contribution < -0.4 is 0 Å². The number of benzene rings is 2. The Morgan fingerprint density at radius 3 is 2.58 bits per heavy atom. The zero-order chi connectivity index (χ0) is 16.5. The molecule has 2 heterocycles. The van der Waals surface area contributed by atoms with E-state index in [9.17, 15) is 0 Å². The maximum absolute atomic E-state index is 6.09. The van der Waals surface area contributed by atoms with E-state index in [1.54, 1.807) is 0 Å². The van der Waals surface area contributed by atoms with Gasteiger partial charge in [0.15, 0.2) is 0 Å². The van der Waals surface area contributed by atoms with E-state index in [1.165, 1.54) is 18.4 Å². The van der Waals surface area contributed by atoms with E-state index >= 15 is 0 Å². The molecule has 0 atom stereocenters. The van der Waals surface area contributed by atoms with Crippen molar-refractivity contribution in [1.29, 1.82) is 0 Å². The monoisotopic (exact) mass is 339 g/mol. The minimum Gasteiger partial charge on any atom is -0.330 e. The van der Waals surface area contributed by atoms with Gasteiger partial charge in [-0.25, -0.2) is 4.98 Å². The molecule has 2 aromatic carbocycles. The number of hydrogen-bond acceptors (Lipinski definition) is 2. The third kappa shape index (κ3) is 3.06. The predicted octanol–water partition coefficient (Wildman–Crippen LogP) is 4.61. The molecule has 0 aliphatic carbocycles. The average molecular weight is 340 g/mol. The fraction of sp³-hybridized carbons (Fsp3) is 0.350. The number of nitrogens with zero attached hydrogens (tertiary/aromatic N) is 3. The van der Waals surface area contributed by atoms with Crippen molar-refractivity contribution in [2.75, 3.05) is 13.1 Å². The van der Waals surface area contributed by atoms with Gasteiger partial charge in [0, 0.05) is 12.1 Å². The second-order valence-corrected chi connectivity index (χ2v) is 7.12. The number of imidazole rings is 1. The number of likely N-dealkylation sites (tertiary alicyclic amines) is 1. The van der Waals surface area contributed by atoms with Crippen LogP contribution in [0.2, 0.25) is 5.02 Å². The zero-order valence-electron chi connectivity index (χ0n) is 14.0. The number of fused-ring (bicyclic) bond motifs is 1. The maximum Gasteiger partial charge on any atom is 0.123 e. The molecule has 0 spiro atoms. The van der Waals surface area contributed by atoms with E-state index in [4.69, 9.17) is 16.6 Å². The second-order valence-electron chi connectivity index (χ2n) is 6.68. The summed E-state index contributed by atoms with van der Waals surface area (Å²) in [6.07, 6.45) is 2.44. The average Bonchev–Trinajstić information content (AvgIpc) is 2.91. The Morgan fingerprint density at radius 1 is 1.08 bits per heavy atom. The molecule has 3 nitrogen and oxygen atoms in total. The highest BCUT2D eigenvalue weighted by Crippen LogP contribution is 2.28. The fourth-order valence-electron chi connectivity index (χ4n) is 3.71. The fourth-order valence-corrected chi connectivity index (χ4v) is 3.88. The molecule has 3 aromatic rings. The summed E-state index contributed by atoms with van der Waals surface area (Å²) in [5.74, 6) is 1.81. The highest BCUT2D eigenvalue weighted by atomic mass is 35.5. The van der Waals surface area contributed by atoms with Gasteiger partial charge in [0.2, 0.25) is 0 Å². The number of hydrogen-bond donors (Lipinski definition) is 0. The van der Waals surface area contributed by atoms with Gasteiger partial charge in [-0.05, 0) is 55.6 Å². The van der Waals surface area contributed by atoms with Crippen molar-refractivity contribution >= 4 is 22.6 Å². The zero-order valence-corrected chi connectivity index (χ0v) is 14.7. The number of aryl methyl sites for hydroxylation is 1. The van der Waals surface area contributed by atoms with Gasteiger partial charge in [0.1, 0.15) is 5.82 Å². The molecule has 124 valence electrons. The van der Waals surface area contributed by atoms with E-state index in [0.717, 1.165) is 41.5 Å². The smallest absolute Gasteiger partial charge is 0.123 e. The highest BCUT2D eigenvalue weighted by molar-refractivity contribution is 6.31. The molecule has 1 aromatic heterocycles. The summed E-state index contributed by atoms with van der Waals surface area (Å²) < 4.78 is 2.19. The molecule has 0 bridgehead atoms. The maximum atomic E-state index is 6.09. The Labute approximate surface area is 147 Å². The first-order chi connectivity index (χ1) is 11.7. The van der Waals surface area contributed by atoms with E-state index < -0.39 is 0 Å². The molecular weight excluding hydrogens is 318 g/mol. The van der Waals surface area contributed by atoms with Gasteiger partial charge in [-0.3, -0.25) is 4.90 Å². The van der Waals surface area contributed by atoms with Crippen LogP contribution in [0, 0.1) is 0 Å². The summed E-state index contributed by atoms with van der Waals surface area (Å²) >= 11 is 6.09. The largest absolute Gasteiger partial charge is 0.330 e. The van der Waals surface area contributed by atoms with E-state index in [-0.39, 0.29) is 0 Å². The molecule has 4 heteroatoms. The summed E-state index contributed by atoms with van der Waals surface area (Å²) in [4.78, 5) is 7.30. The Kier molecular flexibility index (Phi) is 4.30. The first-order valence-electron chi connectivity index (χ1n) is 8.59. The van der Waals surface area contributed by atoms with Crippen LogP contribution in [0.1, 0.15) is 30.1 Å². The topological polar surface area (TPSA) is 21.1 Å². The van der Waals surface area contributed by atoms with Crippen molar-refractivity contribution in [3.8, 4) is 0 Å². The van der Waals surface area contributed by atoms with Gasteiger partial charge in [-0.15, -0.1) is 0 Å². The molecule has 0 radical (unpaired) electrons. The van der Waals surface area contributed by atoms with Crippen LogP contribution in [0.15, 0.2) is 48.5 Å². The summed E-state index contributed by atoms with van der Waals surface area (Å²) in [5, 5.41) is 0.746. The Morgan fingerprint density at radius 2 is 1.83 bits per heavy atom. The number of aromatic nitrogens is 2. The predicted molar refractivity (Wildman–Crippen MR) is 99.4 cm³/mol. The van der Waals surface area contributed by atoms with Crippen LogP contribution in [-0.4, -0.2) is 27.5 Å². The van der Waals surface area contributed by atoms with Crippen molar-refractivity contribution < 1.29 is 0 Å². The lowest BCUT2D eigenvalue weighted by molar-refractivity contribution is 0.199. The van der Waals surface area contributed by atoms with Crippen molar-refractivity contribution in [3.63, 3.8) is 0 Å². The lowest BCUT2D eigenvalue weighted by Gasteiger charge is -2.31. The molecule has 1 fully saturated rings. The number of halogens is 1. The van der Waals surface area contributed by atoms with E-state index in [2.05, 4.69) is 52.9 Å². The second kappa shape index (κ2) is 6.58. The molecule has 1 aliphatic rings. The third-order valence-corrected chi connectivity index (χ3v) is 5.39.